The van der Waals surface area contributed by atoms with Crippen molar-refractivity contribution in [2.24, 2.45) is 0 Å². The van der Waals surface area contributed by atoms with Gasteiger partial charge in [0.25, 0.3) is 0 Å². The van der Waals surface area contributed by atoms with Crippen LogP contribution < -0.4 is 15.0 Å². The van der Waals surface area contributed by atoms with Crippen LogP contribution in [0.4, 0.5) is 20.2 Å². The summed E-state index contributed by atoms with van der Waals surface area (Å²) in [6.45, 7) is 1.97. The fourth-order valence-corrected chi connectivity index (χ4v) is 3.02. The fraction of sp³-hybridized carbons (Fsp3) is 0.350. The quantitative estimate of drug-likeness (QED) is 0.832. The van der Waals surface area contributed by atoms with Gasteiger partial charge in [0.1, 0.15) is 17.4 Å². The maximum absolute atomic E-state index is 13.6. The van der Waals surface area contributed by atoms with Gasteiger partial charge in [0.05, 0.1) is 24.4 Å². The van der Waals surface area contributed by atoms with Crippen molar-refractivity contribution >= 4 is 17.3 Å². The van der Waals surface area contributed by atoms with Gasteiger partial charge in [-0.1, -0.05) is 0 Å². The number of piperidine rings is 1. The molecular weight excluding hydrogens is 338 g/mol. The Morgan fingerprint density at radius 3 is 2.42 bits per heavy atom. The Kier molecular flexibility index (Phi) is 6.04. The number of hydrogen-bond acceptors (Lipinski definition) is 3. The third kappa shape index (κ3) is 4.94. The van der Waals surface area contributed by atoms with E-state index in [4.69, 9.17) is 4.74 Å². The highest BCUT2D eigenvalue weighted by atomic mass is 19.1. The third-order valence-corrected chi connectivity index (χ3v) is 4.34. The molecule has 138 valence electrons. The van der Waals surface area contributed by atoms with E-state index in [-0.39, 0.29) is 30.6 Å². The summed E-state index contributed by atoms with van der Waals surface area (Å²) in [5.74, 6) is -0.481. The molecule has 4 nitrogen and oxygen atoms in total. The number of nitrogens with one attached hydrogen (secondary N) is 1. The summed E-state index contributed by atoms with van der Waals surface area (Å²) in [7, 11) is 0. The summed E-state index contributed by atoms with van der Waals surface area (Å²) >= 11 is 0. The van der Waals surface area contributed by atoms with Crippen LogP contribution in [0.3, 0.4) is 0 Å². The second kappa shape index (κ2) is 8.65. The summed E-state index contributed by atoms with van der Waals surface area (Å²) in [6, 6.07) is 10.1. The minimum absolute atomic E-state index is 0.118. The van der Waals surface area contributed by atoms with Gasteiger partial charge in [-0.25, -0.2) is 8.78 Å². The molecule has 1 aliphatic heterocycles. The number of halogens is 2. The number of benzene rings is 2. The molecule has 1 heterocycles. The largest absolute Gasteiger partial charge is 0.493 e. The van der Waals surface area contributed by atoms with Crippen molar-refractivity contribution in [3.63, 3.8) is 0 Å². The van der Waals surface area contributed by atoms with E-state index in [2.05, 4.69) is 10.2 Å². The average Bonchev–Trinajstić information content (AvgIpc) is 2.64. The summed E-state index contributed by atoms with van der Waals surface area (Å²) in [5, 5.41) is 2.78. The minimum Gasteiger partial charge on any atom is -0.493 e. The van der Waals surface area contributed by atoms with Crippen LogP contribution in [0.25, 0.3) is 0 Å². The third-order valence-electron chi connectivity index (χ3n) is 4.34. The zero-order valence-corrected chi connectivity index (χ0v) is 14.5. The lowest BCUT2D eigenvalue weighted by atomic mass is 10.1. The maximum Gasteiger partial charge on any atom is 0.227 e. The van der Waals surface area contributed by atoms with E-state index in [1.54, 1.807) is 6.07 Å². The van der Waals surface area contributed by atoms with Gasteiger partial charge >= 0.3 is 0 Å². The molecule has 6 heteroatoms. The van der Waals surface area contributed by atoms with E-state index in [1.807, 2.05) is 0 Å². The predicted octanol–water partition coefficient (Wildman–Crippen LogP) is 4.36. The molecule has 1 amide bonds. The molecule has 1 N–H and O–H groups in total. The lowest BCUT2D eigenvalue weighted by molar-refractivity contribution is -0.116. The molecule has 1 aliphatic rings. The first-order valence-electron chi connectivity index (χ1n) is 8.84. The Bertz CT molecular complexity index is 744. The Morgan fingerprint density at radius 2 is 1.69 bits per heavy atom. The fourth-order valence-electron chi connectivity index (χ4n) is 3.02. The zero-order chi connectivity index (χ0) is 18.4. The number of hydrogen-bond donors (Lipinski definition) is 1. The molecule has 3 rings (SSSR count). The molecule has 1 fully saturated rings. The Labute approximate surface area is 151 Å². The molecule has 0 aliphatic carbocycles. The summed E-state index contributed by atoms with van der Waals surface area (Å²) in [6.07, 6.45) is 3.50. The van der Waals surface area contributed by atoms with Crippen LogP contribution in [0.2, 0.25) is 0 Å². The van der Waals surface area contributed by atoms with Crippen LogP contribution in [0.5, 0.6) is 5.75 Å². The molecule has 0 bridgehead atoms. The lowest BCUT2D eigenvalue weighted by Gasteiger charge is -2.30. The molecule has 0 unspecified atom stereocenters. The molecular formula is C20H22F2N2O2. The van der Waals surface area contributed by atoms with Crippen LogP contribution in [-0.2, 0) is 4.79 Å². The van der Waals surface area contributed by atoms with E-state index < -0.39 is 0 Å². The predicted molar refractivity (Wildman–Crippen MR) is 97.6 cm³/mol. The van der Waals surface area contributed by atoms with Gasteiger partial charge in [-0.2, -0.15) is 0 Å². The first kappa shape index (κ1) is 18.2. The van der Waals surface area contributed by atoms with Gasteiger partial charge in [-0.05, 0) is 61.7 Å². The number of nitrogens with zero attached hydrogens (tertiary/aromatic N) is 1. The molecule has 26 heavy (non-hydrogen) atoms. The van der Waals surface area contributed by atoms with Crippen LogP contribution in [0, 0.1) is 11.6 Å². The number of carbonyl (C=O) groups is 1. The molecule has 0 atom stereocenters. The second-order valence-electron chi connectivity index (χ2n) is 6.31. The highest BCUT2D eigenvalue weighted by Gasteiger charge is 2.16. The molecule has 0 aromatic heterocycles. The van der Waals surface area contributed by atoms with Crippen molar-refractivity contribution in [3.05, 3.63) is 54.1 Å². The van der Waals surface area contributed by atoms with Crippen molar-refractivity contribution in [3.8, 4) is 5.75 Å². The van der Waals surface area contributed by atoms with E-state index in [1.165, 1.54) is 42.8 Å². The molecule has 1 saturated heterocycles. The second-order valence-corrected chi connectivity index (χ2v) is 6.31. The number of anilines is 2. The van der Waals surface area contributed by atoms with Gasteiger partial charge < -0.3 is 15.0 Å². The topological polar surface area (TPSA) is 41.6 Å². The summed E-state index contributed by atoms with van der Waals surface area (Å²) in [5.41, 5.74) is 1.33. The lowest BCUT2D eigenvalue weighted by Crippen LogP contribution is -2.30. The smallest absolute Gasteiger partial charge is 0.227 e. The van der Waals surface area contributed by atoms with Crippen LogP contribution in [-0.4, -0.2) is 25.6 Å². The molecule has 2 aromatic rings. The highest BCUT2D eigenvalue weighted by Crippen LogP contribution is 2.29. The maximum atomic E-state index is 13.6. The summed E-state index contributed by atoms with van der Waals surface area (Å²) in [4.78, 5) is 14.4. The van der Waals surface area contributed by atoms with Crippen molar-refractivity contribution < 1.29 is 18.3 Å². The monoisotopic (exact) mass is 360 g/mol. The normalized spacial score (nSPS) is 14.2. The Balaban J connectivity index is 1.57. The first-order valence-corrected chi connectivity index (χ1v) is 8.84. The Hall–Kier alpha value is -2.63. The van der Waals surface area contributed by atoms with Gasteiger partial charge in [0, 0.05) is 13.1 Å². The average molecular weight is 360 g/mol. The van der Waals surface area contributed by atoms with E-state index in [0.29, 0.717) is 11.4 Å². The van der Waals surface area contributed by atoms with Crippen molar-refractivity contribution in [2.75, 3.05) is 29.9 Å². The van der Waals surface area contributed by atoms with E-state index >= 15 is 0 Å². The van der Waals surface area contributed by atoms with Gasteiger partial charge in [0.15, 0.2) is 0 Å². The van der Waals surface area contributed by atoms with Gasteiger partial charge in [-0.3, -0.25) is 4.79 Å². The van der Waals surface area contributed by atoms with Crippen LogP contribution in [0.15, 0.2) is 42.5 Å². The molecule has 0 spiro atoms. The van der Waals surface area contributed by atoms with Crippen molar-refractivity contribution in [2.45, 2.75) is 25.7 Å². The molecule has 2 aromatic carbocycles. The number of rotatable bonds is 6. The molecule has 0 radical (unpaired) electrons. The first-order chi connectivity index (χ1) is 12.6. The zero-order valence-electron chi connectivity index (χ0n) is 14.5. The molecule has 0 saturated carbocycles. The van der Waals surface area contributed by atoms with E-state index in [9.17, 15) is 13.6 Å². The highest BCUT2D eigenvalue weighted by molar-refractivity contribution is 5.94. The standard InChI is InChI=1S/C20H22F2N2O2/c21-15-4-7-17(8-5-15)26-13-10-20(25)23-18-14-16(22)6-9-19(18)24-11-2-1-3-12-24/h4-9,14H,1-3,10-13H2,(H,23,25). The van der Waals surface area contributed by atoms with Crippen molar-refractivity contribution in [1.82, 2.24) is 0 Å². The number of amides is 1. The summed E-state index contributed by atoms with van der Waals surface area (Å²) < 4.78 is 31.9. The van der Waals surface area contributed by atoms with E-state index in [0.717, 1.165) is 31.6 Å². The van der Waals surface area contributed by atoms with Crippen LogP contribution >= 0.6 is 0 Å². The number of ether oxygens (including phenoxy) is 1. The SMILES string of the molecule is O=C(CCOc1ccc(F)cc1)Nc1cc(F)ccc1N1CCCCC1. The van der Waals surface area contributed by atoms with Crippen LogP contribution in [0.1, 0.15) is 25.7 Å². The Morgan fingerprint density at radius 1 is 1.00 bits per heavy atom. The van der Waals surface area contributed by atoms with Gasteiger partial charge in [0.2, 0.25) is 5.91 Å². The minimum atomic E-state index is -0.386. The number of carbonyl (C=O) groups excluding carboxylic acids is 1. The van der Waals surface area contributed by atoms with Crippen molar-refractivity contribution in [1.29, 1.82) is 0 Å². The van der Waals surface area contributed by atoms with Gasteiger partial charge in [-0.15, -0.1) is 0 Å².